The van der Waals surface area contributed by atoms with Crippen LogP contribution in [0.15, 0.2) is 0 Å². The summed E-state index contributed by atoms with van der Waals surface area (Å²) in [5, 5.41) is 0. The van der Waals surface area contributed by atoms with Gasteiger partial charge in [0.1, 0.15) is 0 Å². The second-order valence-electron chi connectivity index (χ2n) is 3.43. The van der Waals surface area contributed by atoms with E-state index in [9.17, 15) is 9.59 Å². The van der Waals surface area contributed by atoms with Gasteiger partial charge in [-0.1, -0.05) is 40.0 Å². The molecule has 0 aliphatic carbocycles. The van der Waals surface area contributed by atoms with Crippen molar-refractivity contribution in [3.63, 3.8) is 0 Å². The zero-order valence-electron chi connectivity index (χ0n) is 8.36. The first-order valence-corrected chi connectivity index (χ1v) is 4.91. The highest BCUT2D eigenvalue weighted by Gasteiger charge is 2.24. The molecule has 1 unspecified atom stereocenters. The van der Waals surface area contributed by atoms with E-state index in [1.165, 1.54) is 0 Å². The molecule has 13 heavy (non-hydrogen) atoms. The van der Waals surface area contributed by atoms with Crippen LogP contribution >= 0.6 is 12.8 Å². The molecule has 0 radical (unpaired) electrons. The van der Waals surface area contributed by atoms with Crippen molar-refractivity contribution in [3.05, 3.63) is 0 Å². The Morgan fingerprint density at radius 1 is 1.54 bits per heavy atom. The van der Waals surface area contributed by atoms with E-state index in [0.717, 1.165) is 17.1 Å². The molecule has 0 heterocycles. The summed E-state index contributed by atoms with van der Waals surface area (Å²) in [5.41, 5.74) is 0. The van der Waals surface area contributed by atoms with E-state index in [-0.39, 0.29) is 17.7 Å². The van der Waals surface area contributed by atoms with Crippen LogP contribution in [0.5, 0.6) is 0 Å². The lowest BCUT2D eigenvalue weighted by molar-refractivity contribution is -0.136. The Balaban J connectivity index is 4.35. The third-order valence-corrected chi connectivity index (χ3v) is 2.34. The van der Waals surface area contributed by atoms with Crippen molar-refractivity contribution < 1.29 is 9.59 Å². The van der Waals surface area contributed by atoms with Gasteiger partial charge in [0, 0.05) is 5.92 Å². The van der Waals surface area contributed by atoms with Gasteiger partial charge in [-0.2, -0.15) is 0 Å². The minimum Gasteiger partial charge on any atom is -0.277 e. The molecule has 0 aromatic rings. The Morgan fingerprint density at radius 3 is 2.38 bits per heavy atom. The maximum absolute atomic E-state index is 11.5. The molecule has 0 N–H and O–H groups in total. The Bertz CT molecular complexity index is 182. The van der Waals surface area contributed by atoms with Gasteiger partial charge in [0.15, 0.2) is 0 Å². The smallest absolute Gasteiger partial charge is 0.242 e. The van der Waals surface area contributed by atoms with Gasteiger partial charge in [0.2, 0.25) is 12.3 Å². The van der Waals surface area contributed by atoms with Crippen LogP contribution in [-0.2, 0) is 9.59 Å². The molecule has 0 fully saturated rings. The molecule has 0 aliphatic heterocycles. The van der Waals surface area contributed by atoms with Crippen LogP contribution in [-0.4, -0.2) is 16.6 Å². The number of hydrogen-bond donors (Lipinski definition) is 1. The second-order valence-corrected chi connectivity index (χ2v) is 3.86. The Labute approximate surface area is 85.0 Å². The molecule has 0 saturated heterocycles. The summed E-state index contributed by atoms with van der Waals surface area (Å²) in [6.07, 6.45) is 2.19. The fourth-order valence-electron chi connectivity index (χ4n) is 1.27. The van der Waals surface area contributed by atoms with Gasteiger partial charge in [0.25, 0.3) is 0 Å². The molecule has 1 atom stereocenters. The second kappa shape index (κ2) is 6.02. The number of carbonyl (C=O) groups is 2. The quantitative estimate of drug-likeness (QED) is 0.547. The Kier molecular flexibility index (Phi) is 5.79. The number of nitrogens with zero attached hydrogens (tertiary/aromatic N) is 1. The SMILES string of the molecule is CCCC(C(=O)N(S)C=O)C(C)C. The molecule has 0 aromatic heterocycles. The molecule has 76 valence electrons. The van der Waals surface area contributed by atoms with Crippen LogP contribution in [0.2, 0.25) is 0 Å². The number of thiol groups is 1. The molecule has 0 aromatic carbocycles. The minimum atomic E-state index is -0.199. The fourth-order valence-corrected chi connectivity index (χ4v) is 1.42. The first-order valence-electron chi connectivity index (χ1n) is 4.51. The van der Waals surface area contributed by atoms with Crippen molar-refractivity contribution in [2.75, 3.05) is 0 Å². The first kappa shape index (κ1) is 12.5. The van der Waals surface area contributed by atoms with Crippen LogP contribution in [0, 0.1) is 11.8 Å². The van der Waals surface area contributed by atoms with Crippen LogP contribution in [0.4, 0.5) is 0 Å². The van der Waals surface area contributed by atoms with E-state index < -0.39 is 0 Å². The van der Waals surface area contributed by atoms with Gasteiger partial charge in [-0.25, -0.2) is 4.31 Å². The van der Waals surface area contributed by atoms with Gasteiger partial charge in [-0.15, -0.1) is 0 Å². The van der Waals surface area contributed by atoms with Crippen molar-refractivity contribution in [1.29, 1.82) is 0 Å². The number of rotatable bonds is 5. The zero-order valence-corrected chi connectivity index (χ0v) is 9.25. The van der Waals surface area contributed by atoms with Crippen molar-refractivity contribution in [2.45, 2.75) is 33.6 Å². The maximum Gasteiger partial charge on any atom is 0.242 e. The molecule has 0 aliphatic rings. The lowest BCUT2D eigenvalue weighted by Crippen LogP contribution is -2.31. The van der Waals surface area contributed by atoms with Crippen LogP contribution in [0.25, 0.3) is 0 Å². The highest BCUT2D eigenvalue weighted by Crippen LogP contribution is 2.19. The predicted molar refractivity (Wildman–Crippen MR) is 55.1 cm³/mol. The summed E-state index contributed by atoms with van der Waals surface area (Å²) in [5.74, 6) is -0.0371. The summed E-state index contributed by atoms with van der Waals surface area (Å²) < 4.78 is 0.834. The Morgan fingerprint density at radius 2 is 2.08 bits per heavy atom. The molecule has 0 bridgehead atoms. The van der Waals surface area contributed by atoms with Crippen molar-refractivity contribution >= 4 is 25.1 Å². The van der Waals surface area contributed by atoms with E-state index in [2.05, 4.69) is 12.8 Å². The van der Waals surface area contributed by atoms with Crippen molar-refractivity contribution in [3.8, 4) is 0 Å². The molecular weight excluding hydrogens is 186 g/mol. The highest BCUT2D eigenvalue weighted by atomic mass is 32.1. The first-order chi connectivity index (χ1) is 6.04. The third-order valence-electron chi connectivity index (χ3n) is 2.05. The van der Waals surface area contributed by atoms with E-state index in [4.69, 9.17) is 0 Å². The van der Waals surface area contributed by atoms with Gasteiger partial charge < -0.3 is 0 Å². The van der Waals surface area contributed by atoms with Crippen LogP contribution < -0.4 is 0 Å². The molecule has 4 heteroatoms. The van der Waals surface area contributed by atoms with Crippen LogP contribution in [0.3, 0.4) is 0 Å². The number of imide groups is 1. The normalized spacial score (nSPS) is 12.7. The largest absolute Gasteiger partial charge is 0.277 e. The lowest BCUT2D eigenvalue weighted by atomic mass is 9.91. The summed E-state index contributed by atoms with van der Waals surface area (Å²) in [7, 11) is 0. The summed E-state index contributed by atoms with van der Waals surface area (Å²) in [6.45, 7) is 5.97. The fraction of sp³-hybridized carbons (Fsp3) is 0.778. The molecule has 0 saturated carbocycles. The lowest BCUT2D eigenvalue weighted by Gasteiger charge is -2.21. The van der Waals surface area contributed by atoms with Crippen LogP contribution in [0.1, 0.15) is 33.6 Å². The standard InChI is InChI=1S/C9H17NO2S/c1-4-5-8(7(2)3)9(12)10(13)6-11/h6-8,13H,4-5H2,1-3H3. The van der Waals surface area contributed by atoms with Gasteiger partial charge in [-0.05, 0) is 12.3 Å². The maximum atomic E-state index is 11.5. The van der Waals surface area contributed by atoms with Gasteiger partial charge in [0.05, 0.1) is 0 Å². The molecular formula is C9H17NO2S. The molecule has 0 rings (SSSR count). The summed E-state index contributed by atoms with van der Waals surface area (Å²) in [4.78, 5) is 21.8. The molecule has 3 nitrogen and oxygen atoms in total. The predicted octanol–water partition coefficient (Wildman–Crippen LogP) is 1.89. The van der Waals surface area contributed by atoms with E-state index in [0.29, 0.717) is 6.41 Å². The monoisotopic (exact) mass is 203 g/mol. The number of hydrogen-bond acceptors (Lipinski definition) is 3. The highest BCUT2D eigenvalue weighted by molar-refractivity contribution is 7.78. The van der Waals surface area contributed by atoms with E-state index in [1.807, 2.05) is 20.8 Å². The minimum absolute atomic E-state index is 0.0901. The Hall–Kier alpha value is -0.510. The molecule has 2 amide bonds. The average Bonchev–Trinajstić information content (AvgIpc) is 2.11. The van der Waals surface area contributed by atoms with Gasteiger partial charge >= 0.3 is 0 Å². The number of carbonyl (C=O) groups excluding carboxylic acids is 2. The zero-order chi connectivity index (χ0) is 10.4. The number of amides is 2. The topological polar surface area (TPSA) is 37.4 Å². The van der Waals surface area contributed by atoms with Crippen molar-refractivity contribution in [2.24, 2.45) is 11.8 Å². The molecule has 0 spiro atoms. The summed E-state index contributed by atoms with van der Waals surface area (Å²) in [6, 6.07) is 0. The van der Waals surface area contributed by atoms with Gasteiger partial charge in [-0.3, -0.25) is 9.59 Å². The summed E-state index contributed by atoms with van der Waals surface area (Å²) >= 11 is 3.77. The van der Waals surface area contributed by atoms with E-state index in [1.54, 1.807) is 0 Å². The van der Waals surface area contributed by atoms with Crippen molar-refractivity contribution in [1.82, 2.24) is 4.31 Å². The average molecular weight is 203 g/mol. The van der Waals surface area contributed by atoms with E-state index >= 15 is 0 Å². The third kappa shape index (κ3) is 3.81.